The topological polar surface area (TPSA) is 0 Å². The van der Waals surface area contributed by atoms with Crippen molar-refractivity contribution in [3.8, 4) is 33.4 Å². The van der Waals surface area contributed by atoms with Crippen LogP contribution in [-0.4, -0.2) is 0 Å². The molecule has 0 N–H and O–H groups in total. The van der Waals surface area contributed by atoms with Gasteiger partial charge >= 0.3 is 0 Å². The van der Waals surface area contributed by atoms with E-state index in [1.807, 2.05) is 0 Å². The number of thiophene rings is 1. The maximum Gasteiger partial charge on any atom is 0.0636 e. The monoisotopic (exact) mass is 601 g/mol. The van der Waals surface area contributed by atoms with Gasteiger partial charge in [-0.1, -0.05) is 145 Å². The lowest BCUT2D eigenvalue weighted by Gasteiger charge is -2.12. The van der Waals surface area contributed by atoms with Crippen molar-refractivity contribution in [3.05, 3.63) is 157 Å². The Labute approximate surface area is 295 Å². The third-order valence-corrected chi connectivity index (χ3v) is 8.40. The Balaban J connectivity index is 1.50. The molecule has 0 aliphatic heterocycles. The molecule has 1 heteroatoms. The molecule has 1 heterocycles. The molecule has 0 fully saturated rings. The maximum absolute atomic E-state index is 9.71. The molecule has 9 aromatic rings. The number of fused-ring (bicyclic) bond motifs is 9. The Bertz CT molecular complexity index is 3890. The van der Waals surface area contributed by atoms with Crippen LogP contribution in [0.1, 0.15) is 39.8 Å². The summed E-state index contributed by atoms with van der Waals surface area (Å²) >= 11 is 0.631. The standard InChI is InChI=1S/C43H28S/c1-27-10-6-12-30(24-27)32-18-8-20-39-40-21-9-19-33(43(40)44-42(32)39)31-13-7-11-28(25-31)29-22-23-38-36-16-3-2-14-34(36)35-15-4-5-17-37(35)41(38)26-29/h2-26H,1H3/i2D,3D,4D,5D,6D,7D,8D,9D,10D,11D,12D,13D,14D,15D,16D,17D,18D,19D,20D,21D,22D,23D,24D,25D,26D. The summed E-state index contributed by atoms with van der Waals surface area (Å²) < 4.78 is 223. The van der Waals surface area contributed by atoms with Gasteiger partial charge in [-0.25, -0.2) is 0 Å². The van der Waals surface area contributed by atoms with Crippen molar-refractivity contribution in [1.82, 2.24) is 0 Å². The lowest BCUT2D eigenvalue weighted by atomic mass is 9.91. The second-order valence-corrected chi connectivity index (χ2v) is 10.8. The third-order valence-electron chi connectivity index (χ3n) is 7.17. The molecule has 9 rings (SSSR count). The molecule has 0 unspecified atom stereocenters. The molecule has 0 bridgehead atoms. The molecule has 206 valence electrons. The van der Waals surface area contributed by atoms with Crippen molar-refractivity contribution in [3.63, 3.8) is 0 Å². The second-order valence-electron chi connectivity index (χ2n) is 9.76. The first-order chi connectivity index (χ1) is 32.2. The zero-order valence-electron chi connectivity index (χ0n) is 47.4. The average molecular weight is 602 g/mol. The molecule has 0 aliphatic rings. The van der Waals surface area contributed by atoms with Gasteiger partial charge in [0, 0.05) is 20.2 Å². The largest absolute Gasteiger partial charge is 0.134 e. The van der Waals surface area contributed by atoms with Crippen LogP contribution < -0.4 is 0 Å². The SMILES string of the molecule is [2H]c1c([2H])c(C)c([2H])c(-c2c([2H])c([2H])c([2H])c3c2sc2c(-c4c([2H])c([2H])c([2H])c(-c5c([2H])c([2H])c6c7c([2H])c([2H])c([2H])c([2H])c7c7c([2H])c([2H])c([2H])c([2H])c7c6c5[2H])c4[2H])c([2H])c([2H])c([2H])c23)c1[2H]. The molecule has 44 heavy (non-hydrogen) atoms. The fourth-order valence-corrected chi connectivity index (χ4v) is 6.46. The number of hydrogen-bond acceptors (Lipinski definition) is 1. The van der Waals surface area contributed by atoms with Crippen LogP contribution >= 0.6 is 11.3 Å². The molecule has 0 amide bonds. The van der Waals surface area contributed by atoms with Crippen LogP contribution in [0.15, 0.2) is 151 Å². The van der Waals surface area contributed by atoms with E-state index in [9.17, 15) is 8.22 Å². The summed E-state index contributed by atoms with van der Waals surface area (Å²) in [4.78, 5) is 0. The fraction of sp³-hybridized carbons (Fsp3) is 0.0233. The van der Waals surface area contributed by atoms with Gasteiger partial charge in [-0.15, -0.1) is 11.3 Å². The highest BCUT2D eigenvalue weighted by molar-refractivity contribution is 7.26. The quantitative estimate of drug-likeness (QED) is 0.177. The summed E-state index contributed by atoms with van der Waals surface area (Å²) in [6, 6.07) is -19.3. The highest BCUT2D eigenvalue weighted by Gasteiger charge is 2.15. The smallest absolute Gasteiger partial charge is 0.0636 e. The number of hydrogen-bond donors (Lipinski definition) is 0. The van der Waals surface area contributed by atoms with E-state index >= 15 is 0 Å². The third kappa shape index (κ3) is 3.90. The minimum atomic E-state index is -0.966. The minimum Gasteiger partial charge on any atom is -0.134 e. The lowest BCUT2D eigenvalue weighted by Crippen LogP contribution is -1.86. The maximum atomic E-state index is 9.71. The van der Waals surface area contributed by atoms with E-state index in [2.05, 4.69) is 0 Å². The molecule has 1 aromatic heterocycles. The summed E-state index contributed by atoms with van der Waals surface area (Å²) in [5.74, 6) is 0. The van der Waals surface area contributed by atoms with Crippen molar-refractivity contribution in [2.45, 2.75) is 6.92 Å². The molecular weight excluding hydrogens is 549 g/mol. The van der Waals surface area contributed by atoms with E-state index in [-0.39, 0.29) is 36.9 Å². The van der Waals surface area contributed by atoms with Crippen LogP contribution in [-0.2, 0) is 0 Å². The van der Waals surface area contributed by atoms with Gasteiger partial charge in [-0.3, -0.25) is 0 Å². The van der Waals surface area contributed by atoms with Gasteiger partial charge in [0.2, 0.25) is 0 Å². The van der Waals surface area contributed by atoms with E-state index < -0.39 is 206 Å². The van der Waals surface area contributed by atoms with E-state index in [1.54, 1.807) is 0 Å². The first-order valence-corrected chi connectivity index (χ1v) is 14.0. The first-order valence-electron chi connectivity index (χ1n) is 25.7. The van der Waals surface area contributed by atoms with Crippen molar-refractivity contribution in [1.29, 1.82) is 0 Å². The van der Waals surface area contributed by atoms with E-state index in [0.717, 1.165) is 0 Å². The Morgan fingerprint density at radius 2 is 0.818 bits per heavy atom. The molecule has 8 aromatic carbocycles. The summed E-state index contributed by atoms with van der Waals surface area (Å²) in [7, 11) is 0. The van der Waals surface area contributed by atoms with Crippen molar-refractivity contribution in [2.75, 3.05) is 0 Å². The van der Waals surface area contributed by atoms with Gasteiger partial charge < -0.3 is 0 Å². The predicted molar refractivity (Wildman–Crippen MR) is 193 cm³/mol. The van der Waals surface area contributed by atoms with E-state index in [4.69, 9.17) is 26.0 Å². The zero-order valence-corrected chi connectivity index (χ0v) is 23.2. The molecule has 0 saturated heterocycles. The summed E-state index contributed by atoms with van der Waals surface area (Å²) in [5.41, 5.74) is -3.45. The van der Waals surface area contributed by atoms with E-state index in [1.165, 1.54) is 6.92 Å². The molecule has 0 radical (unpaired) electrons. The summed E-state index contributed by atoms with van der Waals surface area (Å²) in [5, 5.41) is -3.45. The fourth-order valence-electron chi connectivity index (χ4n) is 5.24. The van der Waals surface area contributed by atoms with Gasteiger partial charge in [0.1, 0.15) is 0 Å². The van der Waals surface area contributed by atoms with Crippen LogP contribution in [0.25, 0.3) is 85.9 Å². The van der Waals surface area contributed by atoms with Crippen LogP contribution in [0, 0.1) is 6.92 Å². The van der Waals surface area contributed by atoms with Crippen LogP contribution in [0.5, 0.6) is 0 Å². The highest BCUT2D eigenvalue weighted by Crippen LogP contribution is 2.44. The number of rotatable bonds is 3. The lowest BCUT2D eigenvalue weighted by molar-refractivity contribution is 1.47. The molecule has 0 atom stereocenters. The first kappa shape index (κ1) is 10.7. The van der Waals surface area contributed by atoms with Crippen molar-refractivity contribution in [2.24, 2.45) is 0 Å². The Morgan fingerprint density at radius 3 is 1.45 bits per heavy atom. The predicted octanol–water partition coefficient (Wildman–Crippen LogP) is 12.8. The van der Waals surface area contributed by atoms with Crippen molar-refractivity contribution >= 4 is 63.8 Å². The highest BCUT2D eigenvalue weighted by atomic mass is 32.1. The zero-order chi connectivity index (χ0) is 51.0. The molecule has 0 nitrogen and oxygen atoms in total. The van der Waals surface area contributed by atoms with Gasteiger partial charge in [-0.2, -0.15) is 0 Å². The van der Waals surface area contributed by atoms with Crippen LogP contribution in [0.4, 0.5) is 0 Å². The normalized spacial score (nSPS) is 19.7. The average Bonchev–Trinajstić information content (AvgIpc) is 3.71. The van der Waals surface area contributed by atoms with Gasteiger partial charge in [0.05, 0.1) is 34.3 Å². The van der Waals surface area contributed by atoms with Crippen LogP contribution in [0.2, 0.25) is 0 Å². The van der Waals surface area contributed by atoms with E-state index in [0.29, 0.717) is 11.3 Å². The minimum absolute atomic E-state index is 0.0495. The second kappa shape index (κ2) is 9.91. The Kier molecular flexibility index (Phi) is 2.42. The summed E-state index contributed by atoms with van der Waals surface area (Å²) in [6.45, 7) is 1.35. The Morgan fingerprint density at radius 1 is 0.364 bits per heavy atom. The number of benzene rings is 8. The summed E-state index contributed by atoms with van der Waals surface area (Å²) in [6.07, 6.45) is 0. The molecular formula is C43H28S. The van der Waals surface area contributed by atoms with Crippen molar-refractivity contribution < 1.29 is 34.3 Å². The molecule has 0 spiro atoms. The van der Waals surface area contributed by atoms with Gasteiger partial charge in [0.15, 0.2) is 0 Å². The van der Waals surface area contributed by atoms with Crippen LogP contribution in [0.3, 0.4) is 0 Å². The molecule has 0 aliphatic carbocycles. The molecule has 0 saturated carbocycles. The Hall–Kier alpha value is -5.24. The van der Waals surface area contributed by atoms with Gasteiger partial charge in [-0.05, 0) is 84.7 Å². The van der Waals surface area contributed by atoms with Gasteiger partial charge in [0.25, 0.3) is 0 Å².